The van der Waals surface area contributed by atoms with Crippen LogP contribution in [-0.2, 0) is 9.53 Å². The number of aryl methyl sites for hydroxylation is 1. The molecule has 6 heteroatoms. The van der Waals surface area contributed by atoms with Gasteiger partial charge in [-0.1, -0.05) is 68.4 Å². The van der Waals surface area contributed by atoms with E-state index in [1.54, 1.807) is 7.11 Å². The Morgan fingerprint density at radius 2 is 1.58 bits per heavy atom. The van der Waals surface area contributed by atoms with Crippen LogP contribution in [0.1, 0.15) is 19.4 Å². The molecule has 4 rings (SSSR count). The predicted octanol–water partition coefficient (Wildman–Crippen LogP) is 5.26. The summed E-state index contributed by atoms with van der Waals surface area (Å²) in [6.45, 7) is 9.28. The summed E-state index contributed by atoms with van der Waals surface area (Å²) in [5.74, 6) is 0. The topological polar surface area (TPSA) is 73.2 Å². The molecule has 0 saturated carbocycles. The maximum atomic E-state index is 13.3. The average molecular weight is 446 g/mol. The highest BCUT2D eigenvalue weighted by atomic mass is 16.5. The fraction of sp³-hybridized carbons (Fsp3) is 0.222. The molecular weight excluding hydrogens is 414 g/mol. The van der Waals surface area contributed by atoms with Gasteiger partial charge in [-0.15, -0.1) is 0 Å². The molecule has 0 radical (unpaired) electrons. The largest absolute Gasteiger partial charge is 0.383 e. The first-order valence-corrected chi connectivity index (χ1v) is 10.9. The van der Waals surface area contributed by atoms with Crippen LogP contribution in [0.3, 0.4) is 0 Å². The third-order valence-electron chi connectivity index (χ3n) is 4.92. The lowest BCUT2D eigenvalue weighted by Gasteiger charge is -2.15. The van der Waals surface area contributed by atoms with Crippen LogP contribution in [0, 0.1) is 6.92 Å². The third-order valence-corrected chi connectivity index (χ3v) is 4.92. The molecule has 0 saturated heterocycles. The molecule has 3 aromatic carbocycles. The number of hydrogen-bond acceptors (Lipinski definition) is 5. The Kier molecular flexibility index (Phi) is 9.99. The molecule has 0 aliphatic heterocycles. The number of carbonyl (C=O) groups excluding carboxylic acids is 1. The maximum absolute atomic E-state index is 13.3. The van der Waals surface area contributed by atoms with E-state index in [4.69, 9.17) is 14.6 Å². The van der Waals surface area contributed by atoms with E-state index in [2.05, 4.69) is 5.32 Å². The lowest BCUT2D eigenvalue weighted by atomic mass is 10.0. The zero-order chi connectivity index (χ0) is 24.2. The first kappa shape index (κ1) is 25.5. The van der Waals surface area contributed by atoms with E-state index < -0.39 is 0 Å². The number of methoxy groups -OCH3 is 1. The van der Waals surface area contributed by atoms with E-state index in [1.165, 1.54) is 4.68 Å². The molecule has 0 atom stereocenters. The minimum Gasteiger partial charge on any atom is -0.383 e. The highest BCUT2D eigenvalue weighted by molar-refractivity contribution is 5.93. The van der Waals surface area contributed by atoms with E-state index in [9.17, 15) is 4.79 Å². The average Bonchev–Trinajstić information content (AvgIpc) is 2.89. The van der Waals surface area contributed by atoms with E-state index in [0.717, 1.165) is 33.6 Å². The maximum Gasteiger partial charge on any atom is 0.279 e. The smallest absolute Gasteiger partial charge is 0.279 e. The second-order valence-corrected chi connectivity index (χ2v) is 6.90. The minimum atomic E-state index is -0.127. The molecule has 0 fully saturated rings. The molecule has 1 N–H and O–H groups in total. The van der Waals surface area contributed by atoms with Crippen molar-refractivity contribution >= 4 is 23.2 Å². The van der Waals surface area contributed by atoms with Gasteiger partial charge in [0, 0.05) is 30.3 Å². The van der Waals surface area contributed by atoms with Crippen LogP contribution in [0.5, 0.6) is 0 Å². The van der Waals surface area contributed by atoms with Gasteiger partial charge in [0.2, 0.25) is 0 Å². The summed E-state index contributed by atoms with van der Waals surface area (Å²) < 4.78 is 6.62. The van der Waals surface area contributed by atoms with Gasteiger partial charge in [0.1, 0.15) is 6.79 Å². The van der Waals surface area contributed by atoms with Crippen LogP contribution in [-0.4, -0.2) is 36.8 Å². The van der Waals surface area contributed by atoms with Crippen molar-refractivity contribution in [1.29, 1.82) is 0 Å². The van der Waals surface area contributed by atoms with Crippen molar-refractivity contribution in [2.24, 2.45) is 0 Å². The van der Waals surface area contributed by atoms with Crippen molar-refractivity contribution in [3.05, 3.63) is 88.7 Å². The summed E-state index contributed by atoms with van der Waals surface area (Å²) in [6, 6.07) is 23.5. The van der Waals surface area contributed by atoms with Crippen LogP contribution in [0.15, 0.2) is 77.6 Å². The Balaban J connectivity index is 0.000000914. The number of benzene rings is 3. The fourth-order valence-corrected chi connectivity index (χ4v) is 3.41. The van der Waals surface area contributed by atoms with Crippen molar-refractivity contribution < 1.29 is 9.53 Å². The molecule has 6 nitrogen and oxygen atoms in total. The van der Waals surface area contributed by atoms with Gasteiger partial charge in [-0.3, -0.25) is 4.79 Å². The molecule has 0 aliphatic rings. The third kappa shape index (κ3) is 5.93. The number of rotatable bonds is 6. The van der Waals surface area contributed by atoms with Gasteiger partial charge in [0.25, 0.3) is 5.56 Å². The molecule has 0 aliphatic carbocycles. The first-order chi connectivity index (χ1) is 16.2. The van der Waals surface area contributed by atoms with Gasteiger partial charge in [0.05, 0.1) is 23.4 Å². The summed E-state index contributed by atoms with van der Waals surface area (Å²) in [5, 5.41) is 9.61. The Hall–Kier alpha value is -3.77. The van der Waals surface area contributed by atoms with Crippen molar-refractivity contribution in [2.45, 2.75) is 20.8 Å². The molecule has 0 amide bonds. The summed E-state index contributed by atoms with van der Waals surface area (Å²) in [5.41, 5.74) is 4.30. The normalized spacial score (nSPS) is 9.94. The quantitative estimate of drug-likeness (QED) is 0.410. The van der Waals surface area contributed by atoms with Gasteiger partial charge < -0.3 is 14.8 Å². The molecule has 1 heterocycles. The van der Waals surface area contributed by atoms with Crippen molar-refractivity contribution in [1.82, 2.24) is 9.78 Å². The highest BCUT2D eigenvalue weighted by Gasteiger charge is 2.14. The lowest BCUT2D eigenvalue weighted by Crippen LogP contribution is -2.23. The molecule has 1 aromatic heterocycles. The van der Waals surface area contributed by atoms with Crippen molar-refractivity contribution in [2.75, 3.05) is 25.6 Å². The molecule has 172 valence electrons. The Morgan fingerprint density at radius 1 is 0.939 bits per heavy atom. The van der Waals surface area contributed by atoms with Gasteiger partial charge in [-0.2, -0.15) is 9.78 Å². The molecule has 33 heavy (non-hydrogen) atoms. The van der Waals surface area contributed by atoms with Crippen LogP contribution >= 0.6 is 0 Å². The Morgan fingerprint density at radius 3 is 2.24 bits per heavy atom. The van der Waals surface area contributed by atoms with Crippen LogP contribution in [0.25, 0.3) is 27.7 Å². The minimum absolute atomic E-state index is 0.127. The standard InChI is InChI=1S/C24H23N3O2.C2H6.CH2O/c1-17-12-13-19(25-14-15-29-2)16-22(17)27-24(28)21-11-7-6-10-20(21)23(26-27)18-8-4-3-5-9-18;2*1-2/h3-13,16,25H,14-15H2,1-2H3;1-2H3;1H2. The Labute approximate surface area is 194 Å². The zero-order valence-electron chi connectivity index (χ0n) is 19.7. The first-order valence-electron chi connectivity index (χ1n) is 10.9. The Bertz CT molecular complexity index is 1220. The number of ether oxygens (including phenoxy) is 1. The van der Waals surface area contributed by atoms with E-state index >= 15 is 0 Å². The number of nitrogens with one attached hydrogen (secondary N) is 1. The number of aromatic nitrogens is 2. The number of fused-ring (bicyclic) bond motifs is 1. The van der Waals surface area contributed by atoms with Crippen molar-refractivity contribution in [3.63, 3.8) is 0 Å². The van der Waals surface area contributed by atoms with Gasteiger partial charge in [0.15, 0.2) is 0 Å². The molecule has 0 spiro atoms. The number of anilines is 1. The summed E-state index contributed by atoms with van der Waals surface area (Å²) >= 11 is 0. The number of carbonyl (C=O) groups is 1. The van der Waals surface area contributed by atoms with E-state index in [-0.39, 0.29) is 5.56 Å². The van der Waals surface area contributed by atoms with Gasteiger partial charge >= 0.3 is 0 Å². The van der Waals surface area contributed by atoms with Crippen molar-refractivity contribution in [3.8, 4) is 16.9 Å². The summed E-state index contributed by atoms with van der Waals surface area (Å²) in [7, 11) is 1.67. The monoisotopic (exact) mass is 445 g/mol. The van der Waals surface area contributed by atoms with Gasteiger partial charge in [-0.25, -0.2) is 0 Å². The lowest BCUT2D eigenvalue weighted by molar-refractivity contribution is -0.0979. The van der Waals surface area contributed by atoms with E-state index in [0.29, 0.717) is 18.5 Å². The highest BCUT2D eigenvalue weighted by Crippen LogP contribution is 2.26. The molecule has 0 bridgehead atoms. The van der Waals surface area contributed by atoms with Crippen LogP contribution in [0.2, 0.25) is 0 Å². The van der Waals surface area contributed by atoms with E-state index in [1.807, 2.05) is 100 Å². The summed E-state index contributed by atoms with van der Waals surface area (Å²) in [4.78, 5) is 21.3. The van der Waals surface area contributed by atoms with Crippen LogP contribution < -0.4 is 10.9 Å². The number of nitrogens with zero attached hydrogens (tertiary/aromatic N) is 2. The van der Waals surface area contributed by atoms with Crippen LogP contribution in [0.4, 0.5) is 5.69 Å². The molecule has 4 aromatic rings. The molecular formula is C27H31N3O3. The fourth-order valence-electron chi connectivity index (χ4n) is 3.41. The second-order valence-electron chi connectivity index (χ2n) is 6.90. The summed E-state index contributed by atoms with van der Waals surface area (Å²) in [6.07, 6.45) is 0. The van der Waals surface area contributed by atoms with Gasteiger partial charge in [-0.05, 0) is 30.7 Å². The number of hydrogen-bond donors (Lipinski definition) is 1. The molecule has 0 unspecified atom stereocenters. The SMILES string of the molecule is C=O.CC.COCCNc1ccc(C)c(-n2nc(-c3ccccc3)c3ccccc3c2=O)c1. The zero-order valence-corrected chi connectivity index (χ0v) is 19.7. The second kappa shape index (κ2) is 12.9. The predicted molar refractivity (Wildman–Crippen MR) is 136 cm³/mol.